The highest BCUT2D eigenvalue weighted by atomic mass is 16.1. The molecular formula is C13H19N3O. The molecule has 0 bridgehead atoms. The number of para-hydroxylation sites is 1. The van der Waals surface area contributed by atoms with Crippen LogP contribution in [0.1, 0.15) is 25.0 Å². The Morgan fingerprint density at radius 1 is 1.53 bits per heavy atom. The predicted molar refractivity (Wildman–Crippen MR) is 68.7 cm³/mol. The minimum atomic E-state index is -0.679. The first-order valence-electron chi connectivity index (χ1n) is 5.90. The van der Waals surface area contributed by atoms with Gasteiger partial charge < -0.3 is 11.1 Å². The van der Waals surface area contributed by atoms with Gasteiger partial charge in [-0.05, 0) is 31.4 Å². The molecule has 4 nitrogen and oxygen atoms in total. The summed E-state index contributed by atoms with van der Waals surface area (Å²) in [5.74, 6) is -0.335. The molecule has 1 aromatic rings. The highest BCUT2D eigenvalue weighted by Crippen LogP contribution is 2.26. The summed E-state index contributed by atoms with van der Waals surface area (Å²) in [4.78, 5) is 11.2. The Balaban J connectivity index is 2.10. The van der Waals surface area contributed by atoms with Gasteiger partial charge in [0.1, 0.15) is 0 Å². The van der Waals surface area contributed by atoms with Gasteiger partial charge in [0.15, 0.2) is 0 Å². The summed E-state index contributed by atoms with van der Waals surface area (Å²) in [6.07, 6.45) is 1.07. The Bertz CT molecular complexity index is 440. The molecule has 0 aliphatic carbocycles. The molecule has 0 radical (unpaired) electrons. The van der Waals surface area contributed by atoms with E-state index >= 15 is 0 Å². The van der Waals surface area contributed by atoms with Gasteiger partial charge in [0.2, 0.25) is 5.91 Å². The van der Waals surface area contributed by atoms with Gasteiger partial charge in [-0.1, -0.05) is 18.2 Å². The molecular weight excluding hydrogens is 214 g/mol. The molecule has 1 aliphatic heterocycles. The number of primary amides is 1. The molecule has 1 aromatic carbocycles. The summed E-state index contributed by atoms with van der Waals surface area (Å²) < 4.78 is 0. The van der Waals surface area contributed by atoms with Crippen LogP contribution >= 0.6 is 0 Å². The Labute approximate surface area is 102 Å². The summed E-state index contributed by atoms with van der Waals surface area (Å²) in [6.45, 7) is 5.23. The number of hydrogen-bond donors (Lipinski definition) is 3. The van der Waals surface area contributed by atoms with Gasteiger partial charge in [0.25, 0.3) is 0 Å². The molecule has 92 valence electrons. The Hall–Kier alpha value is -1.55. The third kappa shape index (κ3) is 2.42. The van der Waals surface area contributed by atoms with Crippen LogP contribution in [0.15, 0.2) is 18.2 Å². The van der Waals surface area contributed by atoms with Crippen molar-refractivity contribution in [2.45, 2.75) is 32.4 Å². The maximum atomic E-state index is 11.2. The van der Waals surface area contributed by atoms with Crippen LogP contribution in [-0.4, -0.2) is 18.0 Å². The van der Waals surface area contributed by atoms with Crippen LogP contribution in [0, 0.1) is 0 Å². The topological polar surface area (TPSA) is 67.2 Å². The summed E-state index contributed by atoms with van der Waals surface area (Å²) >= 11 is 0. The van der Waals surface area contributed by atoms with E-state index in [1.54, 1.807) is 13.8 Å². The van der Waals surface area contributed by atoms with Crippen LogP contribution in [0.2, 0.25) is 0 Å². The van der Waals surface area contributed by atoms with E-state index in [0.29, 0.717) is 6.54 Å². The van der Waals surface area contributed by atoms with Crippen LogP contribution in [0.25, 0.3) is 0 Å². The number of hydrogen-bond acceptors (Lipinski definition) is 3. The molecule has 0 fully saturated rings. The number of amides is 1. The van der Waals surface area contributed by atoms with E-state index in [2.05, 4.69) is 28.8 Å². The van der Waals surface area contributed by atoms with E-state index in [9.17, 15) is 4.79 Å². The first-order valence-corrected chi connectivity index (χ1v) is 5.90. The number of benzene rings is 1. The highest BCUT2D eigenvalue weighted by Gasteiger charge is 2.24. The van der Waals surface area contributed by atoms with Crippen molar-refractivity contribution in [3.8, 4) is 0 Å². The van der Waals surface area contributed by atoms with Gasteiger partial charge in [-0.15, -0.1) is 0 Å². The summed E-state index contributed by atoms with van der Waals surface area (Å²) in [5, 5.41) is 6.57. The molecule has 1 heterocycles. The summed E-state index contributed by atoms with van der Waals surface area (Å²) in [6, 6.07) is 6.26. The molecule has 0 unspecified atom stereocenters. The predicted octanol–water partition coefficient (Wildman–Crippen LogP) is 1.01. The average molecular weight is 233 g/mol. The van der Waals surface area contributed by atoms with Gasteiger partial charge in [-0.2, -0.15) is 0 Å². The van der Waals surface area contributed by atoms with Gasteiger partial charge in [-0.3, -0.25) is 10.1 Å². The minimum absolute atomic E-state index is 0.335. The van der Waals surface area contributed by atoms with Crippen LogP contribution in [0.5, 0.6) is 0 Å². The Kier molecular flexibility index (Phi) is 3.07. The molecule has 4 N–H and O–H groups in total. The van der Waals surface area contributed by atoms with Crippen molar-refractivity contribution in [2.24, 2.45) is 5.73 Å². The third-order valence-electron chi connectivity index (χ3n) is 3.27. The molecule has 0 saturated heterocycles. The number of nitrogens with one attached hydrogen (secondary N) is 2. The molecule has 0 atom stereocenters. The molecule has 1 amide bonds. The van der Waals surface area contributed by atoms with Crippen molar-refractivity contribution >= 4 is 11.6 Å². The quantitative estimate of drug-likeness (QED) is 0.727. The zero-order valence-corrected chi connectivity index (χ0v) is 10.3. The number of nitrogens with two attached hydrogens (primary N) is 1. The van der Waals surface area contributed by atoms with E-state index in [-0.39, 0.29) is 5.91 Å². The fraction of sp³-hybridized carbons (Fsp3) is 0.462. The zero-order chi connectivity index (χ0) is 12.5. The van der Waals surface area contributed by atoms with E-state index < -0.39 is 5.54 Å². The SMILES string of the molecule is CC(C)(NCc1cccc2c1NCC2)C(N)=O. The molecule has 1 aliphatic rings. The number of rotatable bonds is 4. The molecule has 4 heteroatoms. The smallest absolute Gasteiger partial charge is 0.237 e. The standard InChI is InChI=1S/C13H19N3O/c1-13(2,12(14)17)16-8-10-5-3-4-9-6-7-15-11(9)10/h3-5,15-16H,6-8H2,1-2H3,(H2,14,17). The molecule has 2 rings (SSSR count). The average Bonchev–Trinajstić information content (AvgIpc) is 2.74. The van der Waals surface area contributed by atoms with Gasteiger partial charge in [-0.25, -0.2) is 0 Å². The normalized spacial score (nSPS) is 14.2. The van der Waals surface area contributed by atoms with Gasteiger partial charge >= 0.3 is 0 Å². The second-order valence-electron chi connectivity index (χ2n) is 4.97. The first-order chi connectivity index (χ1) is 8.00. The molecule has 0 aromatic heterocycles. The fourth-order valence-corrected chi connectivity index (χ4v) is 1.96. The van der Waals surface area contributed by atoms with Crippen molar-refractivity contribution in [3.05, 3.63) is 29.3 Å². The third-order valence-corrected chi connectivity index (χ3v) is 3.27. The molecule has 17 heavy (non-hydrogen) atoms. The maximum absolute atomic E-state index is 11.2. The second kappa shape index (κ2) is 4.37. The largest absolute Gasteiger partial charge is 0.384 e. The van der Waals surface area contributed by atoms with Gasteiger partial charge in [0.05, 0.1) is 5.54 Å². The van der Waals surface area contributed by atoms with Crippen LogP contribution in [0.4, 0.5) is 5.69 Å². The highest BCUT2D eigenvalue weighted by molar-refractivity contribution is 5.83. The van der Waals surface area contributed by atoms with E-state index in [4.69, 9.17) is 5.73 Å². The van der Waals surface area contributed by atoms with Crippen molar-refractivity contribution in [2.75, 3.05) is 11.9 Å². The minimum Gasteiger partial charge on any atom is -0.384 e. The van der Waals surface area contributed by atoms with Crippen molar-refractivity contribution < 1.29 is 4.79 Å². The van der Waals surface area contributed by atoms with Crippen LogP contribution < -0.4 is 16.4 Å². The maximum Gasteiger partial charge on any atom is 0.237 e. The lowest BCUT2D eigenvalue weighted by atomic mass is 10.0. The van der Waals surface area contributed by atoms with Gasteiger partial charge in [0, 0.05) is 18.8 Å². The molecule has 0 saturated carbocycles. The number of fused-ring (bicyclic) bond motifs is 1. The van der Waals surface area contributed by atoms with Crippen LogP contribution in [-0.2, 0) is 17.8 Å². The lowest BCUT2D eigenvalue weighted by molar-refractivity contribution is -0.123. The lowest BCUT2D eigenvalue weighted by Crippen LogP contribution is -2.50. The number of carbonyl (C=O) groups is 1. The Morgan fingerprint density at radius 2 is 2.29 bits per heavy atom. The summed E-state index contributed by atoms with van der Waals surface area (Å²) in [5.41, 5.74) is 8.40. The van der Waals surface area contributed by atoms with E-state index in [1.807, 2.05) is 0 Å². The van der Waals surface area contributed by atoms with Crippen molar-refractivity contribution in [1.82, 2.24) is 5.32 Å². The van der Waals surface area contributed by atoms with E-state index in [1.165, 1.54) is 16.8 Å². The molecule has 0 spiro atoms. The lowest BCUT2D eigenvalue weighted by Gasteiger charge is -2.23. The number of carbonyl (C=O) groups excluding carboxylic acids is 1. The van der Waals surface area contributed by atoms with E-state index in [0.717, 1.165) is 13.0 Å². The zero-order valence-electron chi connectivity index (χ0n) is 10.3. The monoisotopic (exact) mass is 233 g/mol. The first kappa shape index (κ1) is 11.9. The van der Waals surface area contributed by atoms with Crippen molar-refractivity contribution in [3.63, 3.8) is 0 Å². The summed E-state index contributed by atoms with van der Waals surface area (Å²) in [7, 11) is 0. The second-order valence-corrected chi connectivity index (χ2v) is 4.97. The fourth-order valence-electron chi connectivity index (χ4n) is 1.96. The van der Waals surface area contributed by atoms with Crippen LogP contribution in [0.3, 0.4) is 0 Å². The number of anilines is 1. The Morgan fingerprint density at radius 3 is 3.00 bits per heavy atom. The van der Waals surface area contributed by atoms with Crippen molar-refractivity contribution in [1.29, 1.82) is 0 Å².